The summed E-state index contributed by atoms with van der Waals surface area (Å²) in [7, 11) is 1.41. The van der Waals surface area contributed by atoms with Crippen LogP contribution in [0.4, 0.5) is 8.78 Å². The van der Waals surface area contributed by atoms with Gasteiger partial charge in [-0.05, 0) is 19.1 Å². The summed E-state index contributed by atoms with van der Waals surface area (Å²) in [5.74, 6) is -2.81. The summed E-state index contributed by atoms with van der Waals surface area (Å²) in [4.78, 5) is 11.2. The molecule has 1 aliphatic carbocycles. The summed E-state index contributed by atoms with van der Waals surface area (Å²) >= 11 is 0. The van der Waals surface area contributed by atoms with E-state index in [0.29, 0.717) is 5.75 Å². The molecule has 158 valence electrons. The first-order chi connectivity index (χ1) is 14.2. The van der Waals surface area contributed by atoms with Crippen molar-refractivity contribution >= 4 is 11.5 Å². The van der Waals surface area contributed by atoms with Gasteiger partial charge in [0, 0.05) is 34.9 Å². The van der Waals surface area contributed by atoms with Crippen LogP contribution in [0.3, 0.4) is 0 Å². The minimum absolute atomic E-state index is 0.0191. The van der Waals surface area contributed by atoms with Crippen LogP contribution in [0, 0.1) is 5.82 Å². The second kappa shape index (κ2) is 8.16. The van der Waals surface area contributed by atoms with Crippen molar-refractivity contribution in [1.29, 1.82) is 0 Å². The van der Waals surface area contributed by atoms with E-state index in [1.165, 1.54) is 38.3 Å². The lowest BCUT2D eigenvalue weighted by atomic mass is 9.99. The maximum absolute atomic E-state index is 15.0. The molecule has 1 atom stereocenters. The fourth-order valence-electron chi connectivity index (χ4n) is 3.24. The third-order valence-electron chi connectivity index (χ3n) is 4.95. The van der Waals surface area contributed by atoms with Crippen LogP contribution < -0.4 is 15.2 Å². The minimum Gasteiger partial charge on any atom is -0.507 e. The second-order valence-electron chi connectivity index (χ2n) is 6.92. The predicted molar refractivity (Wildman–Crippen MR) is 106 cm³/mol. The summed E-state index contributed by atoms with van der Waals surface area (Å²) < 4.78 is 40.6. The minimum atomic E-state index is -1.97. The SMILES string of the molecule is COc1ccc(CC(=O)O)c(OC2(C)C(F)=CC(c3cccc(CN)c3F)=C2O)c1. The van der Waals surface area contributed by atoms with E-state index in [1.54, 1.807) is 12.1 Å². The Labute approximate surface area is 171 Å². The van der Waals surface area contributed by atoms with E-state index in [4.69, 9.17) is 20.3 Å². The number of rotatable bonds is 7. The molecule has 0 bridgehead atoms. The third kappa shape index (κ3) is 3.73. The highest BCUT2D eigenvalue weighted by molar-refractivity contribution is 5.82. The lowest BCUT2D eigenvalue weighted by molar-refractivity contribution is -0.136. The number of benzene rings is 2. The highest BCUT2D eigenvalue weighted by Gasteiger charge is 2.44. The molecule has 0 heterocycles. The van der Waals surface area contributed by atoms with Crippen LogP contribution in [0.15, 0.2) is 54.1 Å². The molecule has 3 rings (SSSR count). The highest BCUT2D eigenvalue weighted by atomic mass is 19.1. The first-order valence-electron chi connectivity index (χ1n) is 9.08. The average Bonchev–Trinajstić information content (AvgIpc) is 2.93. The van der Waals surface area contributed by atoms with Gasteiger partial charge >= 0.3 is 5.97 Å². The molecule has 0 amide bonds. The van der Waals surface area contributed by atoms with Gasteiger partial charge in [0.15, 0.2) is 11.6 Å². The van der Waals surface area contributed by atoms with Crippen LogP contribution in [0.2, 0.25) is 0 Å². The number of ether oxygens (including phenoxy) is 2. The fraction of sp³-hybridized carbons (Fsp3) is 0.227. The fourth-order valence-corrected chi connectivity index (χ4v) is 3.24. The molecule has 4 N–H and O–H groups in total. The lowest BCUT2D eigenvalue weighted by Gasteiger charge is -2.27. The van der Waals surface area contributed by atoms with Crippen molar-refractivity contribution in [3.63, 3.8) is 0 Å². The highest BCUT2D eigenvalue weighted by Crippen LogP contribution is 2.44. The van der Waals surface area contributed by atoms with Crippen LogP contribution in [-0.4, -0.2) is 28.9 Å². The van der Waals surface area contributed by atoms with Crippen LogP contribution in [0.5, 0.6) is 11.5 Å². The molecule has 0 saturated carbocycles. The first-order valence-corrected chi connectivity index (χ1v) is 9.08. The number of halogens is 2. The van der Waals surface area contributed by atoms with Crippen LogP contribution in [0.1, 0.15) is 23.6 Å². The molecule has 2 aromatic carbocycles. The normalized spacial score (nSPS) is 18.4. The standard InChI is InChI=1S/C22H21F2NO5/c1-22(30-17-9-14(29-2)7-6-12(17)8-19(26)27)18(23)10-16(21(22)28)15-5-3-4-13(11-25)20(15)24/h3-7,9-10,28H,8,11,25H2,1-2H3,(H,26,27). The van der Waals surface area contributed by atoms with Crippen LogP contribution in [0.25, 0.3) is 5.57 Å². The van der Waals surface area contributed by atoms with E-state index in [-0.39, 0.29) is 41.0 Å². The molecule has 0 spiro atoms. The molecule has 6 nitrogen and oxygen atoms in total. The van der Waals surface area contributed by atoms with E-state index >= 15 is 0 Å². The quantitative estimate of drug-likeness (QED) is 0.632. The Morgan fingerprint density at radius 2 is 1.93 bits per heavy atom. The van der Waals surface area contributed by atoms with Gasteiger partial charge in [-0.3, -0.25) is 4.79 Å². The average molecular weight is 417 g/mol. The monoisotopic (exact) mass is 417 g/mol. The smallest absolute Gasteiger partial charge is 0.307 e. The van der Waals surface area contributed by atoms with Crippen molar-refractivity contribution in [3.05, 3.63) is 76.6 Å². The third-order valence-corrected chi connectivity index (χ3v) is 4.95. The Balaban J connectivity index is 2.07. The maximum Gasteiger partial charge on any atom is 0.307 e. The van der Waals surface area contributed by atoms with Gasteiger partial charge in [0.1, 0.15) is 17.3 Å². The van der Waals surface area contributed by atoms with Gasteiger partial charge in [0.05, 0.1) is 13.5 Å². The van der Waals surface area contributed by atoms with Crippen molar-refractivity contribution in [1.82, 2.24) is 0 Å². The molecule has 30 heavy (non-hydrogen) atoms. The van der Waals surface area contributed by atoms with Gasteiger partial charge in [-0.15, -0.1) is 0 Å². The molecule has 1 aliphatic rings. The molecular formula is C22H21F2NO5. The summed E-state index contributed by atoms with van der Waals surface area (Å²) in [6, 6.07) is 8.87. The number of methoxy groups -OCH3 is 1. The molecule has 8 heteroatoms. The van der Waals surface area contributed by atoms with Crippen LogP contribution >= 0.6 is 0 Å². The zero-order valence-electron chi connectivity index (χ0n) is 16.4. The molecule has 0 aromatic heterocycles. The topological polar surface area (TPSA) is 102 Å². The van der Waals surface area contributed by atoms with Gasteiger partial charge in [0.25, 0.3) is 0 Å². The van der Waals surface area contributed by atoms with Crippen molar-refractivity contribution in [2.75, 3.05) is 7.11 Å². The molecule has 2 aromatic rings. The number of carboxylic acid groups (broad SMARTS) is 1. The number of aliphatic hydroxyl groups excluding tert-OH is 1. The van der Waals surface area contributed by atoms with Gasteiger partial charge in [-0.1, -0.05) is 24.3 Å². The first kappa shape index (κ1) is 21.3. The summed E-state index contributed by atoms with van der Waals surface area (Å²) in [6.07, 6.45) is 0.607. The summed E-state index contributed by atoms with van der Waals surface area (Å²) in [5, 5.41) is 19.9. The summed E-state index contributed by atoms with van der Waals surface area (Å²) in [5.41, 5.74) is 3.93. The van der Waals surface area contributed by atoms with Gasteiger partial charge in [-0.2, -0.15) is 0 Å². The number of carboxylic acids is 1. The Morgan fingerprint density at radius 1 is 1.20 bits per heavy atom. The zero-order valence-corrected chi connectivity index (χ0v) is 16.4. The molecule has 0 fully saturated rings. The summed E-state index contributed by atoms with van der Waals surface area (Å²) in [6.45, 7) is 1.21. The lowest BCUT2D eigenvalue weighted by Crippen LogP contribution is -2.34. The van der Waals surface area contributed by atoms with E-state index in [2.05, 4.69) is 0 Å². The number of hydrogen-bond acceptors (Lipinski definition) is 5. The van der Waals surface area contributed by atoms with Gasteiger partial charge < -0.3 is 25.4 Å². The molecule has 0 saturated heterocycles. The number of aliphatic hydroxyl groups is 1. The number of nitrogens with two attached hydrogens (primary N) is 1. The second-order valence-corrected chi connectivity index (χ2v) is 6.92. The Kier molecular flexibility index (Phi) is 5.80. The number of allylic oxidation sites excluding steroid dienone is 2. The molecule has 1 unspecified atom stereocenters. The predicted octanol–water partition coefficient (Wildman–Crippen LogP) is 3.89. The van der Waals surface area contributed by atoms with Crippen molar-refractivity contribution in [2.45, 2.75) is 25.5 Å². The van der Waals surface area contributed by atoms with E-state index < -0.39 is 29.0 Å². The van der Waals surface area contributed by atoms with Gasteiger partial charge in [-0.25, -0.2) is 8.78 Å². The Morgan fingerprint density at radius 3 is 2.57 bits per heavy atom. The number of carbonyl (C=O) groups is 1. The largest absolute Gasteiger partial charge is 0.507 e. The number of aliphatic carboxylic acids is 1. The van der Waals surface area contributed by atoms with Crippen molar-refractivity contribution in [2.24, 2.45) is 5.73 Å². The molecule has 0 aliphatic heterocycles. The Bertz CT molecular complexity index is 1060. The van der Waals surface area contributed by atoms with E-state index in [0.717, 1.165) is 6.08 Å². The zero-order chi connectivity index (χ0) is 22.1. The number of hydrogen-bond donors (Lipinski definition) is 3. The van der Waals surface area contributed by atoms with Crippen molar-refractivity contribution < 1.29 is 33.3 Å². The van der Waals surface area contributed by atoms with Crippen LogP contribution in [-0.2, 0) is 17.8 Å². The maximum atomic E-state index is 15.0. The van der Waals surface area contributed by atoms with Crippen molar-refractivity contribution in [3.8, 4) is 11.5 Å². The molecular weight excluding hydrogens is 396 g/mol. The van der Waals surface area contributed by atoms with E-state index in [9.17, 15) is 18.7 Å². The van der Waals surface area contributed by atoms with Gasteiger partial charge in [0.2, 0.25) is 5.60 Å². The van der Waals surface area contributed by atoms with E-state index in [1.807, 2.05) is 0 Å². The molecule has 0 radical (unpaired) electrons. The Hall–Kier alpha value is -3.39.